The Morgan fingerprint density at radius 2 is 1.84 bits per heavy atom. The van der Waals surface area contributed by atoms with E-state index in [1.807, 2.05) is 5.32 Å². The maximum atomic E-state index is 14.8. The number of fused-ring (bicyclic) bond motifs is 1. The number of imide groups is 1. The molecule has 0 bridgehead atoms. The first-order valence-electron chi connectivity index (χ1n) is 11.1. The molecule has 0 aromatic heterocycles. The molecule has 1 unspecified atom stereocenters. The number of halogens is 6. The van der Waals surface area contributed by atoms with Crippen molar-refractivity contribution in [3.8, 4) is 5.75 Å². The average Bonchev–Trinajstić information content (AvgIpc) is 3.15. The number of nitrogens with zero attached hydrogens (tertiary/aromatic N) is 1. The molecule has 1 saturated heterocycles. The number of piperidine rings is 1. The van der Waals surface area contributed by atoms with Gasteiger partial charge in [-0.05, 0) is 41.8 Å². The van der Waals surface area contributed by atoms with Crippen molar-refractivity contribution in [1.29, 1.82) is 0 Å². The SMILES string of the molecule is BC1(N2Cc3cc(CNC(=O)C(F)(F)c4ccc(Cl)cc4OC(F)(F)F)ccc3C2=O)CCC(=O)NC1=O. The van der Waals surface area contributed by atoms with Crippen LogP contribution in [-0.4, -0.2) is 48.2 Å². The highest BCUT2D eigenvalue weighted by Gasteiger charge is 2.48. The van der Waals surface area contributed by atoms with E-state index in [1.54, 1.807) is 0 Å². The summed E-state index contributed by atoms with van der Waals surface area (Å²) in [6.45, 7) is -0.432. The molecule has 2 aromatic carbocycles. The van der Waals surface area contributed by atoms with Crippen LogP contribution in [0.5, 0.6) is 5.75 Å². The summed E-state index contributed by atoms with van der Waals surface area (Å²) in [5.41, 5.74) is -1.54. The van der Waals surface area contributed by atoms with Gasteiger partial charge in [-0.3, -0.25) is 24.5 Å². The third kappa shape index (κ3) is 5.17. The van der Waals surface area contributed by atoms with Crippen LogP contribution in [0.4, 0.5) is 22.0 Å². The van der Waals surface area contributed by atoms with E-state index in [0.717, 1.165) is 6.07 Å². The minimum Gasteiger partial charge on any atom is -0.405 e. The molecule has 4 rings (SSSR count). The van der Waals surface area contributed by atoms with Crippen molar-refractivity contribution >= 4 is 43.1 Å². The molecular weight excluding hydrogens is 540 g/mol. The standard InChI is InChI=1S/C23H18BClF5N3O5/c24-21(6-5-17(34)32-19(21)36)33-10-12-7-11(1-3-14(12)18(33)35)9-31-20(37)22(26,27)15-4-2-13(25)8-16(15)38-23(28,29)30/h1-4,7-8H,5-6,9-10,24H2,(H,31,37)(H,32,34,36). The van der Waals surface area contributed by atoms with Gasteiger partial charge in [0.1, 0.15) is 13.6 Å². The first-order valence-corrected chi connectivity index (χ1v) is 11.5. The van der Waals surface area contributed by atoms with Crippen LogP contribution in [0, 0.1) is 0 Å². The number of nitrogens with one attached hydrogen (secondary N) is 2. The first-order chi connectivity index (χ1) is 17.6. The van der Waals surface area contributed by atoms with Gasteiger partial charge < -0.3 is 15.0 Å². The average molecular weight is 558 g/mol. The molecule has 2 heterocycles. The summed E-state index contributed by atoms with van der Waals surface area (Å²) in [5.74, 6) is -9.11. The molecule has 200 valence electrons. The second kappa shape index (κ2) is 9.57. The number of amides is 4. The lowest BCUT2D eigenvalue weighted by atomic mass is 9.70. The molecule has 38 heavy (non-hydrogen) atoms. The van der Waals surface area contributed by atoms with Crippen LogP contribution in [0.25, 0.3) is 0 Å². The van der Waals surface area contributed by atoms with E-state index >= 15 is 0 Å². The summed E-state index contributed by atoms with van der Waals surface area (Å²) < 4.78 is 71.4. The topological polar surface area (TPSA) is 105 Å². The summed E-state index contributed by atoms with van der Waals surface area (Å²) >= 11 is 5.60. The number of carbonyl (C=O) groups excluding carboxylic acids is 4. The molecule has 8 nitrogen and oxygen atoms in total. The minimum atomic E-state index is -5.30. The third-order valence-electron chi connectivity index (χ3n) is 6.40. The van der Waals surface area contributed by atoms with Crippen molar-refractivity contribution in [3.63, 3.8) is 0 Å². The number of hydrogen-bond acceptors (Lipinski definition) is 5. The summed E-state index contributed by atoms with van der Waals surface area (Å²) in [6.07, 6.45) is -5.12. The van der Waals surface area contributed by atoms with E-state index in [9.17, 15) is 41.1 Å². The zero-order valence-electron chi connectivity index (χ0n) is 19.5. The van der Waals surface area contributed by atoms with Crippen LogP contribution in [0.2, 0.25) is 5.02 Å². The van der Waals surface area contributed by atoms with Crippen molar-refractivity contribution < 1.29 is 45.9 Å². The van der Waals surface area contributed by atoms with Gasteiger partial charge >= 0.3 is 12.3 Å². The van der Waals surface area contributed by atoms with Gasteiger partial charge in [0.15, 0.2) is 0 Å². The normalized spacial score (nSPS) is 19.7. The zero-order valence-corrected chi connectivity index (χ0v) is 20.3. The molecule has 0 saturated carbocycles. The summed E-state index contributed by atoms with van der Waals surface area (Å²) in [7, 11) is 1.54. The fraction of sp³-hybridized carbons (Fsp3) is 0.304. The maximum Gasteiger partial charge on any atom is 0.573 e. The number of hydrogen-bond donors (Lipinski definition) is 2. The van der Waals surface area contributed by atoms with E-state index < -0.39 is 59.2 Å². The molecule has 2 N–H and O–H groups in total. The lowest BCUT2D eigenvalue weighted by Crippen LogP contribution is -2.63. The number of carbonyl (C=O) groups is 4. The zero-order chi connectivity index (χ0) is 28.0. The highest BCUT2D eigenvalue weighted by molar-refractivity contribution is 6.32. The van der Waals surface area contributed by atoms with Crippen LogP contribution in [0.15, 0.2) is 36.4 Å². The van der Waals surface area contributed by atoms with Gasteiger partial charge in [0.2, 0.25) is 11.8 Å². The van der Waals surface area contributed by atoms with E-state index in [2.05, 4.69) is 10.1 Å². The monoisotopic (exact) mass is 557 g/mol. The fourth-order valence-electron chi connectivity index (χ4n) is 4.31. The summed E-state index contributed by atoms with van der Waals surface area (Å²) in [5, 5.41) is 3.89. The molecule has 0 aliphatic carbocycles. The number of rotatable bonds is 6. The Hall–Kier alpha value is -3.68. The molecule has 1 fully saturated rings. The Labute approximate surface area is 217 Å². The van der Waals surface area contributed by atoms with Crippen molar-refractivity contribution in [3.05, 3.63) is 63.7 Å². The maximum absolute atomic E-state index is 14.8. The predicted octanol–water partition coefficient (Wildman–Crippen LogP) is 2.37. The Bertz CT molecular complexity index is 1360. The van der Waals surface area contributed by atoms with E-state index in [4.69, 9.17) is 11.6 Å². The molecule has 2 aliphatic heterocycles. The fourth-order valence-corrected chi connectivity index (χ4v) is 4.48. The molecule has 0 spiro atoms. The summed E-state index contributed by atoms with van der Waals surface area (Å²) in [4.78, 5) is 50.6. The van der Waals surface area contributed by atoms with Crippen LogP contribution < -0.4 is 15.4 Å². The largest absolute Gasteiger partial charge is 0.573 e. The highest BCUT2D eigenvalue weighted by atomic mass is 35.5. The molecule has 2 aromatic rings. The lowest BCUT2D eigenvalue weighted by molar-refractivity contribution is -0.275. The number of alkyl halides is 5. The van der Waals surface area contributed by atoms with Gasteiger partial charge in [0.25, 0.3) is 11.8 Å². The molecular formula is C23H18BClF5N3O5. The van der Waals surface area contributed by atoms with Crippen molar-refractivity contribution in [1.82, 2.24) is 15.5 Å². The first kappa shape index (κ1) is 27.4. The molecule has 1 atom stereocenters. The second-order valence-electron chi connectivity index (χ2n) is 8.98. The van der Waals surface area contributed by atoms with Gasteiger partial charge in [-0.25, -0.2) is 0 Å². The number of ether oxygens (including phenoxy) is 1. The summed E-state index contributed by atoms with van der Waals surface area (Å²) in [6, 6.07) is 6.30. The lowest BCUT2D eigenvalue weighted by Gasteiger charge is -2.39. The quantitative estimate of drug-likeness (QED) is 0.323. The van der Waals surface area contributed by atoms with Crippen molar-refractivity contribution in [2.45, 2.75) is 43.7 Å². The predicted molar refractivity (Wildman–Crippen MR) is 124 cm³/mol. The molecule has 2 aliphatic rings. The van der Waals surface area contributed by atoms with Crippen LogP contribution in [0.3, 0.4) is 0 Å². The van der Waals surface area contributed by atoms with E-state index in [-0.39, 0.29) is 30.0 Å². The molecule has 15 heteroatoms. The van der Waals surface area contributed by atoms with Crippen molar-refractivity contribution in [2.24, 2.45) is 0 Å². The Kier molecular flexibility index (Phi) is 6.89. The van der Waals surface area contributed by atoms with Crippen LogP contribution >= 0.6 is 11.6 Å². The number of benzene rings is 2. The van der Waals surface area contributed by atoms with E-state index in [0.29, 0.717) is 23.3 Å². The Balaban J connectivity index is 1.49. The Morgan fingerprint density at radius 1 is 1.13 bits per heavy atom. The van der Waals surface area contributed by atoms with Crippen LogP contribution in [0.1, 0.15) is 39.9 Å². The smallest absolute Gasteiger partial charge is 0.405 e. The minimum absolute atomic E-state index is 0.00708. The van der Waals surface area contributed by atoms with Gasteiger partial charge in [-0.15, -0.1) is 13.2 Å². The second-order valence-corrected chi connectivity index (χ2v) is 9.42. The van der Waals surface area contributed by atoms with Gasteiger partial charge in [0.05, 0.1) is 11.0 Å². The van der Waals surface area contributed by atoms with Crippen molar-refractivity contribution in [2.75, 3.05) is 0 Å². The van der Waals surface area contributed by atoms with E-state index in [1.165, 1.54) is 30.9 Å². The highest BCUT2D eigenvalue weighted by Crippen LogP contribution is 2.39. The third-order valence-corrected chi connectivity index (χ3v) is 6.63. The Morgan fingerprint density at radius 3 is 2.50 bits per heavy atom. The van der Waals surface area contributed by atoms with Crippen LogP contribution in [-0.2, 0) is 33.4 Å². The van der Waals surface area contributed by atoms with Gasteiger partial charge in [-0.2, -0.15) is 8.78 Å². The van der Waals surface area contributed by atoms with Gasteiger partial charge in [0, 0.05) is 30.1 Å². The molecule has 4 amide bonds. The molecule has 0 radical (unpaired) electrons. The van der Waals surface area contributed by atoms with Gasteiger partial charge in [-0.1, -0.05) is 23.7 Å².